The van der Waals surface area contributed by atoms with Crippen LogP contribution in [0.2, 0.25) is 0 Å². The molecule has 0 aliphatic heterocycles. The van der Waals surface area contributed by atoms with Crippen LogP contribution in [0.4, 0.5) is 5.82 Å². The summed E-state index contributed by atoms with van der Waals surface area (Å²) in [5.41, 5.74) is -0.110. The van der Waals surface area contributed by atoms with Crippen LogP contribution in [0.5, 0.6) is 0 Å². The standard InChI is InChI=1S/C11H19N3O2/c1-3-9(5-8-15)13-10-11(16)14(4-2)7-6-12-10/h6-7,9,15H,3-5,8H2,1-2H3,(H,12,13). The molecule has 0 aliphatic rings. The number of hydrogen-bond donors (Lipinski definition) is 2. The van der Waals surface area contributed by atoms with Gasteiger partial charge in [-0.2, -0.15) is 0 Å². The van der Waals surface area contributed by atoms with Crippen molar-refractivity contribution in [2.75, 3.05) is 11.9 Å². The average molecular weight is 225 g/mol. The molecule has 0 bridgehead atoms. The van der Waals surface area contributed by atoms with E-state index < -0.39 is 0 Å². The third kappa shape index (κ3) is 3.06. The molecule has 0 aliphatic carbocycles. The lowest BCUT2D eigenvalue weighted by molar-refractivity contribution is 0.278. The van der Waals surface area contributed by atoms with Gasteiger partial charge in [0.2, 0.25) is 0 Å². The van der Waals surface area contributed by atoms with Gasteiger partial charge in [-0.3, -0.25) is 4.79 Å². The summed E-state index contributed by atoms with van der Waals surface area (Å²) in [6.07, 6.45) is 4.75. The highest BCUT2D eigenvalue weighted by Gasteiger charge is 2.09. The first-order valence-corrected chi connectivity index (χ1v) is 5.65. The van der Waals surface area contributed by atoms with E-state index in [9.17, 15) is 4.79 Å². The number of rotatable bonds is 6. The number of anilines is 1. The third-order valence-electron chi connectivity index (χ3n) is 2.57. The zero-order chi connectivity index (χ0) is 12.0. The molecule has 0 saturated heterocycles. The van der Waals surface area contributed by atoms with Crippen molar-refractivity contribution in [1.82, 2.24) is 9.55 Å². The van der Waals surface area contributed by atoms with Crippen LogP contribution in [-0.2, 0) is 6.54 Å². The second-order valence-corrected chi connectivity index (χ2v) is 3.63. The van der Waals surface area contributed by atoms with Crippen molar-refractivity contribution in [3.8, 4) is 0 Å². The van der Waals surface area contributed by atoms with Gasteiger partial charge in [0.05, 0.1) is 0 Å². The van der Waals surface area contributed by atoms with Gasteiger partial charge in [0.15, 0.2) is 5.82 Å². The molecule has 1 aromatic rings. The molecule has 0 spiro atoms. The molecule has 16 heavy (non-hydrogen) atoms. The van der Waals surface area contributed by atoms with E-state index in [1.54, 1.807) is 17.0 Å². The van der Waals surface area contributed by atoms with Crippen LogP contribution >= 0.6 is 0 Å². The van der Waals surface area contributed by atoms with Gasteiger partial charge in [0, 0.05) is 31.6 Å². The van der Waals surface area contributed by atoms with E-state index in [0.29, 0.717) is 18.8 Å². The van der Waals surface area contributed by atoms with Gasteiger partial charge in [-0.15, -0.1) is 0 Å². The minimum absolute atomic E-state index is 0.0953. The second kappa shape index (κ2) is 6.27. The van der Waals surface area contributed by atoms with Gasteiger partial charge in [-0.25, -0.2) is 4.98 Å². The molecule has 0 radical (unpaired) electrons. The minimum Gasteiger partial charge on any atom is -0.396 e. The highest BCUT2D eigenvalue weighted by atomic mass is 16.3. The molecule has 0 aromatic carbocycles. The number of aliphatic hydroxyl groups excluding tert-OH is 1. The number of hydrogen-bond acceptors (Lipinski definition) is 4. The van der Waals surface area contributed by atoms with E-state index in [4.69, 9.17) is 5.11 Å². The molecule has 1 rings (SSSR count). The largest absolute Gasteiger partial charge is 0.396 e. The van der Waals surface area contributed by atoms with Crippen LogP contribution in [0.1, 0.15) is 26.7 Å². The SMILES string of the molecule is CCC(CCO)Nc1nccn(CC)c1=O. The Morgan fingerprint density at radius 2 is 2.31 bits per heavy atom. The van der Waals surface area contributed by atoms with E-state index in [1.165, 1.54) is 0 Å². The van der Waals surface area contributed by atoms with Crippen molar-refractivity contribution in [3.63, 3.8) is 0 Å². The zero-order valence-electron chi connectivity index (χ0n) is 9.81. The Morgan fingerprint density at radius 1 is 1.56 bits per heavy atom. The van der Waals surface area contributed by atoms with E-state index in [1.807, 2.05) is 13.8 Å². The Balaban J connectivity index is 2.84. The molecule has 0 fully saturated rings. The number of nitrogens with one attached hydrogen (secondary N) is 1. The smallest absolute Gasteiger partial charge is 0.293 e. The minimum atomic E-state index is -0.110. The molecule has 1 unspecified atom stereocenters. The van der Waals surface area contributed by atoms with Crippen LogP contribution in [0.3, 0.4) is 0 Å². The lowest BCUT2D eigenvalue weighted by Crippen LogP contribution is -2.29. The number of nitrogens with zero attached hydrogens (tertiary/aromatic N) is 2. The molecule has 90 valence electrons. The van der Waals surface area contributed by atoms with E-state index >= 15 is 0 Å². The Morgan fingerprint density at radius 3 is 2.88 bits per heavy atom. The Hall–Kier alpha value is -1.36. The van der Waals surface area contributed by atoms with Crippen LogP contribution in [0.15, 0.2) is 17.2 Å². The maximum Gasteiger partial charge on any atom is 0.293 e. The van der Waals surface area contributed by atoms with Crippen LogP contribution in [0.25, 0.3) is 0 Å². The quantitative estimate of drug-likeness (QED) is 0.752. The van der Waals surface area contributed by atoms with Crippen molar-refractivity contribution in [1.29, 1.82) is 0 Å². The predicted molar refractivity (Wildman–Crippen MR) is 63.6 cm³/mol. The van der Waals surface area contributed by atoms with Crippen molar-refractivity contribution in [2.45, 2.75) is 39.3 Å². The summed E-state index contributed by atoms with van der Waals surface area (Å²) in [6, 6.07) is 0.0953. The van der Waals surface area contributed by atoms with Crippen molar-refractivity contribution < 1.29 is 5.11 Å². The van der Waals surface area contributed by atoms with Crippen molar-refractivity contribution in [3.05, 3.63) is 22.7 Å². The van der Waals surface area contributed by atoms with Gasteiger partial charge in [0.1, 0.15) is 0 Å². The summed E-state index contributed by atoms with van der Waals surface area (Å²) >= 11 is 0. The van der Waals surface area contributed by atoms with E-state index in [0.717, 1.165) is 6.42 Å². The third-order valence-corrected chi connectivity index (χ3v) is 2.57. The second-order valence-electron chi connectivity index (χ2n) is 3.63. The van der Waals surface area contributed by atoms with Gasteiger partial charge in [-0.1, -0.05) is 6.92 Å². The zero-order valence-corrected chi connectivity index (χ0v) is 9.81. The fraction of sp³-hybridized carbons (Fsp3) is 0.636. The predicted octanol–water partition coefficient (Wildman–Crippen LogP) is 0.836. The Labute approximate surface area is 95.1 Å². The summed E-state index contributed by atoms with van der Waals surface area (Å²) in [4.78, 5) is 15.9. The van der Waals surface area contributed by atoms with E-state index in [-0.39, 0.29) is 18.2 Å². The first-order chi connectivity index (χ1) is 7.72. The normalized spacial score (nSPS) is 12.4. The van der Waals surface area contributed by atoms with Crippen LogP contribution < -0.4 is 10.9 Å². The average Bonchev–Trinajstić information content (AvgIpc) is 2.31. The lowest BCUT2D eigenvalue weighted by Gasteiger charge is -2.16. The van der Waals surface area contributed by atoms with E-state index in [2.05, 4.69) is 10.3 Å². The summed E-state index contributed by atoms with van der Waals surface area (Å²) in [6.45, 7) is 4.66. The molecular formula is C11H19N3O2. The topological polar surface area (TPSA) is 67.2 Å². The number of aromatic nitrogens is 2. The van der Waals surface area contributed by atoms with Crippen LogP contribution in [-0.4, -0.2) is 27.3 Å². The van der Waals surface area contributed by atoms with Gasteiger partial charge in [0.25, 0.3) is 5.56 Å². The van der Waals surface area contributed by atoms with Crippen LogP contribution in [0, 0.1) is 0 Å². The fourth-order valence-electron chi connectivity index (χ4n) is 1.52. The molecular weight excluding hydrogens is 206 g/mol. The fourth-order valence-corrected chi connectivity index (χ4v) is 1.52. The van der Waals surface area contributed by atoms with Crippen molar-refractivity contribution in [2.24, 2.45) is 0 Å². The summed E-state index contributed by atoms with van der Waals surface area (Å²) in [5.74, 6) is 0.365. The maximum absolute atomic E-state index is 11.8. The molecule has 2 N–H and O–H groups in total. The lowest BCUT2D eigenvalue weighted by atomic mass is 10.1. The number of aliphatic hydroxyl groups is 1. The molecule has 1 heterocycles. The molecule has 1 aromatic heterocycles. The first-order valence-electron chi connectivity index (χ1n) is 5.65. The van der Waals surface area contributed by atoms with Gasteiger partial charge in [-0.05, 0) is 19.8 Å². The van der Waals surface area contributed by atoms with Crippen molar-refractivity contribution >= 4 is 5.82 Å². The molecule has 5 heteroatoms. The molecule has 0 amide bonds. The highest BCUT2D eigenvalue weighted by Crippen LogP contribution is 2.04. The number of aryl methyl sites for hydroxylation is 1. The van der Waals surface area contributed by atoms with Gasteiger partial charge < -0.3 is 15.0 Å². The summed E-state index contributed by atoms with van der Waals surface area (Å²) in [7, 11) is 0. The molecule has 1 atom stereocenters. The Bertz CT molecular complexity index is 376. The molecule has 5 nitrogen and oxygen atoms in total. The summed E-state index contributed by atoms with van der Waals surface area (Å²) in [5, 5.41) is 11.9. The maximum atomic E-state index is 11.8. The Kier molecular flexibility index (Phi) is 4.98. The van der Waals surface area contributed by atoms with Gasteiger partial charge >= 0.3 is 0 Å². The molecule has 0 saturated carbocycles. The first kappa shape index (κ1) is 12.7. The highest BCUT2D eigenvalue weighted by molar-refractivity contribution is 5.32. The monoisotopic (exact) mass is 225 g/mol. The summed E-state index contributed by atoms with van der Waals surface area (Å²) < 4.78 is 1.60.